The Balaban J connectivity index is 2.71. The Morgan fingerprint density at radius 3 is 2.35 bits per heavy atom. The van der Waals surface area contributed by atoms with Crippen molar-refractivity contribution >= 4 is 17.8 Å². The van der Waals surface area contributed by atoms with Crippen LogP contribution in [0.15, 0.2) is 0 Å². The zero-order valence-corrected chi connectivity index (χ0v) is 11.2. The summed E-state index contributed by atoms with van der Waals surface area (Å²) in [5.74, 6) is 2.51. The minimum absolute atomic E-state index is 0.239. The van der Waals surface area contributed by atoms with E-state index in [-0.39, 0.29) is 5.95 Å². The highest BCUT2D eigenvalue weighted by Crippen LogP contribution is 2.12. The topological polar surface area (TPSA) is 80.0 Å². The number of hydrogen-bond acceptors (Lipinski definition) is 6. The van der Waals surface area contributed by atoms with Crippen LogP contribution in [0.2, 0.25) is 0 Å². The Kier molecular flexibility index (Phi) is 4.48. The average molecular weight is 238 g/mol. The first-order valence-corrected chi connectivity index (χ1v) is 5.83. The lowest BCUT2D eigenvalue weighted by atomic mass is 9.98. The van der Waals surface area contributed by atoms with Gasteiger partial charge >= 0.3 is 0 Å². The maximum absolute atomic E-state index is 5.63. The Morgan fingerprint density at radius 1 is 1.18 bits per heavy atom. The van der Waals surface area contributed by atoms with Crippen LogP contribution in [-0.2, 0) is 0 Å². The molecule has 0 aliphatic rings. The highest BCUT2D eigenvalue weighted by molar-refractivity contribution is 5.40. The normalized spacial score (nSPS) is 12.6. The van der Waals surface area contributed by atoms with E-state index in [9.17, 15) is 0 Å². The minimum atomic E-state index is 0.239. The zero-order valence-electron chi connectivity index (χ0n) is 11.2. The van der Waals surface area contributed by atoms with Crippen LogP contribution in [0.5, 0.6) is 0 Å². The van der Waals surface area contributed by atoms with Crippen molar-refractivity contribution in [2.75, 3.05) is 36.6 Å². The highest BCUT2D eigenvalue weighted by Gasteiger charge is 2.09. The molecule has 3 N–H and O–H groups in total. The number of hydrogen-bond donors (Lipinski definition) is 2. The highest BCUT2D eigenvalue weighted by atomic mass is 15.3. The van der Waals surface area contributed by atoms with Gasteiger partial charge in [-0.15, -0.1) is 0 Å². The second kappa shape index (κ2) is 5.65. The summed E-state index contributed by atoms with van der Waals surface area (Å²) in [6.45, 7) is 7.40. The van der Waals surface area contributed by atoms with Crippen LogP contribution in [0.4, 0.5) is 17.8 Å². The molecular weight excluding hydrogens is 216 g/mol. The standard InChI is InChI=1S/C11H22N6/c1-7(2)8(3)6-13-10-14-9(12)15-11(16-10)17(4)5/h7-8H,6H2,1-5H3,(H3,12,13,14,15,16). The molecule has 1 heterocycles. The third kappa shape index (κ3) is 4.05. The summed E-state index contributed by atoms with van der Waals surface area (Å²) in [6, 6.07) is 0. The Morgan fingerprint density at radius 2 is 1.82 bits per heavy atom. The summed E-state index contributed by atoms with van der Waals surface area (Å²) in [7, 11) is 3.74. The molecule has 0 aliphatic heterocycles. The first-order valence-electron chi connectivity index (χ1n) is 5.83. The molecule has 1 atom stereocenters. The van der Waals surface area contributed by atoms with Gasteiger partial charge in [0, 0.05) is 20.6 Å². The molecular formula is C11H22N6. The smallest absolute Gasteiger partial charge is 0.231 e. The first-order chi connectivity index (χ1) is 7.90. The van der Waals surface area contributed by atoms with Crippen molar-refractivity contribution in [3.05, 3.63) is 0 Å². The van der Waals surface area contributed by atoms with E-state index < -0.39 is 0 Å². The lowest BCUT2D eigenvalue weighted by Gasteiger charge is -2.17. The van der Waals surface area contributed by atoms with E-state index in [1.165, 1.54) is 0 Å². The van der Waals surface area contributed by atoms with Crippen LogP contribution in [0.1, 0.15) is 20.8 Å². The molecule has 96 valence electrons. The van der Waals surface area contributed by atoms with Crippen molar-refractivity contribution in [2.24, 2.45) is 11.8 Å². The fourth-order valence-electron chi connectivity index (χ4n) is 1.15. The van der Waals surface area contributed by atoms with Gasteiger partial charge in [0.2, 0.25) is 17.8 Å². The van der Waals surface area contributed by atoms with Crippen LogP contribution in [0, 0.1) is 11.8 Å². The summed E-state index contributed by atoms with van der Waals surface area (Å²) in [4.78, 5) is 14.2. The summed E-state index contributed by atoms with van der Waals surface area (Å²) >= 11 is 0. The molecule has 0 saturated carbocycles. The molecule has 0 radical (unpaired) electrons. The number of nitrogen functional groups attached to an aromatic ring is 1. The fraction of sp³-hybridized carbons (Fsp3) is 0.727. The number of nitrogens with zero attached hydrogens (tertiary/aromatic N) is 4. The van der Waals surface area contributed by atoms with Gasteiger partial charge in [-0.2, -0.15) is 15.0 Å². The van der Waals surface area contributed by atoms with Crippen molar-refractivity contribution < 1.29 is 0 Å². The van der Waals surface area contributed by atoms with E-state index in [0.29, 0.717) is 23.7 Å². The van der Waals surface area contributed by atoms with Gasteiger partial charge < -0.3 is 16.0 Å². The lowest BCUT2D eigenvalue weighted by Crippen LogP contribution is -2.20. The zero-order chi connectivity index (χ0) is 13.0. The number of rotatable bonds is 5. The van der Waals surface area contributed by atoms with Crippen molar-refractivity contribution in [2.45, 2.75) is 20.8 Å². The van der Waals surface area contributed by atoms with E-state index >= 15 is 0 Å². The van der Waals surface area contributed by atoms with Gasteiger partial charge in [0.1, 0.15) is 0 Å². The monoisotopic (exact) mass is 238 g/mol. The summed E-state index contributed by atoms with van der Waals surface area (Å²) in [5, 5.41) is 3.19. The van der Waals surface area contributed by atoms with E-state index in [1.807, 2.05) is 14.1 Å². The largest absolute Gasteiger partial charge is 0.368 e. The number of anilines is 3. The molecule has 1 unspecified atom stereocenters. The maximum atomic E-state index is 5.63. The van der Waals surface area contributed by atoms with Crippen molar-refractivity contribution in [1.82, 2.24) is 15.0 Å². The predicted molar refractivity (Wildman–Crippen MR) is 71.1 cm³/mol. The van der Waals surface area contributed by atoms with Crippen molar-refractivity contribution in [3.8, 4) is 0 Å². The minimum Gasteiger partial charge on any atom is -0.368 e. The molecule has 1 aromatic rings. The van der Waals surface area contributed by atoms with Gasteiger partial charge in [0.25, 0.3) is 0 Å². The van der Waals surface area contributed by atoms with Gasteiger partial charge in [-0.1, -0.05) is 20.8 Å². The fourth-order valence-corrected chi connectivity index (χ4v) is 1.15. The Hall–Kier alpha value is -1.59. The number of nitrogens with one attached hydrogen (secondary N) is 1. The van der Waals surface area contributed by atoms with Gasteiger partial charge in [-0.05, 0) is 11.8 Å². The maximum Gasteiger partial charge on any atom is 0.231 e. The molecule has 0 amide bonds. The van der Waals surface area contributed by atoms with Gasteiger partial charge in [-0.25, -0.2) is 0 Å². The van der Waals surface area contributed by atoms with Crippen molar-refractivity contribution in [1.29, 1.82) is 0 Å². The second-order valence-electron chi connectivity index (χ2n) is 4.81. The van der Waals surface area contributed by atoms with Crippen LogP contribution >= 0.6 is 0 Å². The Bertz CT molecular complexity index is 363. The van der Waals surface area contributed by atoms with E-state index in [4.69, 9.17) is 5.73 Å². The van der Waals surface area contributed by atoms with Crippen LogP contribution in [-0.4, -0.2) is 35.6 Å². The molecule has 0 spiro atoms. The molecule has 0 bridgehead atoms. The molecule has 0 aliphatic carbocycles. The van der Waals surface area contributed by atoms with E-state index in [0.717, 1.165) is 6.54 Å². The van der Waals surface area contributed by atoms with E-state index in [2.05, 4.69) is 41.0 Å². The molecule has 0 aromatic carbocycles. The number of aromatic nitrogens is 3. The molecule has 6 nitrogen and oxygen atoms in total. The first kappa shape index (κ1) is 13.5. The molecule has 6 heteroatoms. The molecule has 1 rings (SSSR count). The second-order valence-corrected chi connectivity index (χ2v) is 4.81. The van der Waals surface area contributed by atoms with Crippen LogP contribution < -0.4 is 16.0 Å². The quantitative estimate of drug-likeness (QED) is 0.803. The third-order valence-corrected chi connectivity index (χ3v) is 2.76. The van der Waals surface area contributed by atoms with Gasteiger partial charge in [0.05, 0.1) is 0 Å². The molecule has 0 fully saturated rings. The summed E-state index contributed by atoms with van der Waals surface area (Å²) < 4.78 is 0. The van der Waals surface area contributed by atoms with E-state index in [1.54, 1.807) is 4.90 Å². The summed E-state index contributed by atoms with van der Waals surface area (Å²) in [5.41, 5.74) is 5.63. The molecule has 0 saturated heterocycles. The summed E-state index contributed by atoms with van der Waals surface area (Å²) in [6.07, 6.45) is 0. The van der Waals surface area contributed by atoms with Crippen LogP contribution in [0.25, 0.3) is 0 Å². The molecule has 1 aromatic heterocycles. The number of nitrogens with two attached hydrogens (primary N) is 1. The van der Waals surface area contributed by atoms with Crippen LogP contribution in [0.3, 0.4) is 0 Å². The SMILES string of the molecule is CC(C)C(C)CNc1nc(N)nc(N(C)C)n1. The van der Waals surface area contributed by atoms with Gasteiger partial charge in [0.15, 0.2) is 0 Å². The Labute approximate surface area is 103 Å². The third-order valence-electron chi connectivity index (χ3n) is 2.76. The van der Waals surface area contributed by atoms with Gasteiger partial charge in [-0.3, -0.25) is 0 Å². The van der Waals surface area contributed by atoms with Crippen molar-refractivity contribution in [3.63, 3.8) is 0 Å². The molecule has 17 heavy (non-hydrogen) atoms. The predicted octanol–water partition coefficient (Wildman–Crippen LogP) is 1.22. The lowest BCUT2D eigenvalue weighted by molar-refractivity contribution is 0.439. The average Bonchev–Trinajstić information content (AvgIpc) is 2.24.